The number of aliphatic hydroxyl groups is 1. The summed E-state index contributed by atoms with van der Waals surface area (Å²) in [6, 6.07) is 8.70. The van der Waals surface area contributed by atoms with E-state index in [-0.39, 0.29) is 0 Å². The van der Waals surface area contributed by atoms with E-state index in [4.69, 9.17) is 16.7 Å². The first-order chi connectivity index (χ1) is 9.31. The predicted molar refractivity (Wildman–Crippen MR) is 80.7 cm³/mol. The molecule has 1 N–H and O–H groups in total. The average Bonchev–Trinajstić information content (AvgIpc) is 2.43. The van der Waals surface area contributed by atoms with Crippen molar-refractivity contribution in [2.45, 2.75) is 44.6 Å². The van der Waals surface area contributed by atoms with Crippen LogP contribution in [0.4, 0.5) is 0 Å². The number of hydrogen-bond acceptors (Lipinski definition) is 2. The minimum Gasteiger partial charge on any atom is -0.396 e. The summed E-state index contributed by atoms with van der Waals surface area (Å²) in [7, 11) is 0. The highest BCUT2D eigenvalue weighted by molar-refractivity contribution is 6.31. The third kappa shape index (κ3) is 4.48. The van der Waals surface area contributed by atoms with Crippen molar-refractivity contribution in [2.75, 3.05) is 19.7 Å². The molecule has 1 aliphatic rings. The fourth-order valence-electron chi connectivity index (χ4n) is 3.00. The third-order valence-corrected chi connectivity index (χ3v) is 4.43. The monoisotopic (exact) mass is 281 g/mol. The predicted octanol–water partition coefficient (Wildman–Crippen LogP) is 3.51. The Hall–Kier alpha value is -0.570. The molecule has 1 unspecified atom stereocenters. The van der Waals surface area contributed by atoms with Gasteiger partial charge in [-0.3, -0.25) is 0 Å². The van der Waals surface area contributed by atoms with Crippen molar-refractivity contribution < 1.29 is 5.11 Å². The lowest BCUT2D eigenvalue weighted by atomic mass is 9.99. The Morgan fingerprint density at radius 1 is 1.26 bits per heavy atom. The Labute approximate surface area is 121 Å². The van der Waals surface area contributed by atoms with Gasteiger partial charge in [0.05, 0.1) is 0 Å². The second kappa shape index (κ2) is 7.88. The van der Waals surface area contributed by atoms with Crippen LogP contribution in [0.15, 0.2) is 24.3 Å². The first kappa shape index (κ1) is 14.8. The van der Waals surface area contributed by atoms with Gasteiger partial charge in [0.2, 0.25) is 0 Å². The number of likely N-dealkylation sites (tertiary alicyclic amines) is 1. The summed E-state index contributed by atoms with van der Waals surface area (Å²) < 4.78 is 0. The van der Waals surface area contributed by atoms with Crippen molar-refractivity contribution in [1.82, 2.24) is 4.90 Å². The van der Waals surface area contributed by atoms with Gasteiger partial charge in [0, 0.05) is 17.7 Å². The van der Waals surface area contributed by atoms with Gasteiger partial charge in [-0.15, -0.1) is 0 Å². The number of piperidine rings is 1. The van der Waals surface area contributed by atoms with E-state index in [1.165, 1.54) is 31.4 Å². The average molecular weight is 282 g/mol. The summed E-state index contributed by atoms with van der Waals surface area (Å²) in [4.78, 5) is 2.55. The summed E-state index contributed by atoms with van der Waals surface area (Å²) in [6.07, 6.45) is 6.96. The van der Waals surface area contributed by atoms with E-state index in [2.05, 4.69) is 17.0 Å². The number of halogens is 1. The molecule has 0 bridgehead atoms. The molecule has 0 radical (unpaired) electrons. The zero-order valence-corrected chi connectivity index (χ0v) is 12.3. The van der Waals surface area contributed by atoms with Crippen LogP contribution in [0.3, 0.4) is 0 Å². The second-order valence-corrected chi connectivity index (χ2v) is 5.80. The lowest BCUT2D eigenvalue weighted by molar-refractivity contribution is 0.118. The normalized spacial score (nSPS) is 20.6. The largest absolute Gasteiger partial charge is 0.396 e. The highest BCUT2D eigenvalue weighted by atomic mass is 35.5. The second-order valence-electron chi connectivity index (χ2n) is 5.39. The summed E-state index contributed by atoms with van der Waals surface area (Å²) in [5, 5.41) is 10.0. The smallest absolute Gasteiger partial charge is 0.0445 e. The van der Waals surface area contributed by atoms with Gasteiger partial charge in [0.25, 0.3) is 0 Å². The van der Waals surface area contributed by atoms with Gasteiger partial charge in [-0.25, -0.2) is 0 Å². The SMILES string of the molecule is OCCC1CCCCN1CCCc1ccccc1Cl. The van der Waals surface area contributed by atoms with E-state index < -0.39 is 0 Å². The molecule has 1 fully saturated rings. The number of benzene rings is 1. The van der Waals surface area contributed by atoms with Gasteiger partial charge in [0.15, 0.2) is 0 Å². The Bertz CT molecular complexity index is 381. The van der Waals surface area contributed by atoms with E-state index in [9.17, 15) is 0 Å². The lowest BCUT2D eigenvalue weighted by Gasteiger charge is -2.35. The number of hydrogen-bond donors (Lipinski definition) is 1. The minimum absolute atomic E-state index is 0.311. The lowest BCUT2D eigenvalue weighted by Crippen LogP contribution is -2.40. The zero-order chi connectivity index (χ0) is 13.5. The Balaban J connectivity index is 1.79. The van der Waals surface area contributed by atoms with E-state index in [0.29, 0.717) is 12.6 Å². The molecule has 0 aromatic heterocycles. The van der Waals surface area contributed by atoms with Crippen LogP contribution in [-0.4, -0.2) is 35.7 Å². The molecule has 0 aliphatic carbocycles. The molecule has 1 saturated heterocycles. The molecule has 0 spiro atoms. The van der Waals surface area contributed by atoms with Crippen molar-refractivity contribution in [2.24, 2.45) is 0 Å². The first-order valence-electron chi connectivity index (χ1n) is 7.39. The minimum atomic E-state index is 0.311. The summed E-state index contributed by atoms with van der Waals surface area (Å²) >= 11 is 6.18. The van der Waals surface area contributed by atoms with Crippen molar-refractivity contribution in [3.8, 4) is 0 Å². The maximum Gasteiger partial charge on any atom is 0.0445 e. The molecular weight excluding hydrogens is 258 g/mol. The van der Waals surface area contributed by atoms with Gasteiger partial charge in [-0.1, -0.05) is 36.2 Å². The Morgan fingerprint density at radius 2 is 2.11 bits per heavy atom. The summed E-state index contributed by atoms with van der Waals surface area (Å²) in [6.45, 7) is 2.62. The summed E-state index contributed by atoms with van der Waals surface area (Å²) in [5.74, 6) is 0. The van der Waals surface area contributed by atoms with Crippen LogP contribution in [0.5, 0.6) is 0 Å². The molecule has 2 rings (SSSR count). The topological polar surface area (TPSA) is 23.5 Å². The van der Waals surface area contributed by atoms with Crippen LogP contribution >= 0.6 is 11.6 Å². The molecule has 1 aromatic carbocycles. The molecule has 106 valence electrons. The quantitative estimate of drug-likeness (QED) is 0.863. The molecule has 19 heavy (non-hydrogen) atoms. The highest BCUT2D eigenvalue weighted by Gasteiger charge is 2.21. The number of aliphatic hydroxyl groups excluding tert-OH is 1. The molecule has 1 heterocycles. The standard InChI is InChI=1S/C16H24ClNO/c17-16-9-2-1-6-14(16)7-5-12-18-11-4-3-8-15(18)10-13-19/h1-2,6,9,15,19H,3-5,7-8,10-13H2. The Kier molecular flexibility index (Phi) is 6.15. The summed E-state index contributed by atoms with van der Waals surface area (Å²) in [5.41, 5.74) is 1.25. The van der Waals surface area contributed by atoms with E-state index >= 15 is 0 Å². The Morgan fingerprint density at radius 3 is 2.89 bits per heavy atom. The van der Waals surface area contributed by atoms with Crippen molar-refractivity contribution in [1.29, 1.82) is 0 Å². The number of rotatable bonds is 6. The number of aryl methyl sites for hydroxylation is 1. The molecule has 3 heteroatoms. The van der Waals surface area contributed by atoms with Crippen LogP contribution in [0, 0.1) is 0 Å². The van der Waals surface area contributed by atoms with Crippen LogP contribution in [0.25, 0.3) is 0 Å². The molecule has 1 aliphatic heterocycles. The third-order valence-electron chi connectivity index (χ3n) is 4.06. The van der Waals surface area contributed by atoms with Crippen molar-refractivity contribution in [3.63, 3.8) is 0 Å². The first-order valence-corrected chi connectivity index (χ1v) is 7.77. The molecular formula is C16H24ClNO. The molecule has 1 atom stereocenters. The fraction of sp³-hybridized carbons (Fsp3) is 0.625. The maximum atomic E-state index is 9.13. The van der Waals surface area contributed by atoms with Gasteiger partial charge in [0.1, 0.15) is 0 Å². The van der Waals surface area contributed by atoms with Gasteiger partial charge < -0.3 is 10.0 Å². The fourth-order valence-corrected chi connectivity index (χ4v) is 3.23. The van der Waals surface area contributed by atoms with Gasteiger partial charge in [-0.05, 0) is 56.8 Å². The maximum absolute atomic E-state index is 9.13. The van der Waals surface area contributed by atoms with E-state index in [1.807, 2.05) is 12.1 Å². The van der Waals surface area contributed by atoms with Crippen molar-refractivity contribution in [3.05, 3.63) is 34.9 Å². The van der Waals surface area contributed by atoms with Crippen LogP contribution in [0.1, 0.15) is 37.7 Å². The van der Waals surface area contributed by atoms with Crippen LogP contribution in [-0.2, 0) is 6.42 Å². The molecule has 0 amide bonds. The van der Waals surface area contributed by atoms with Gasteiger partial charge in [-0.2, -0.15) is 0 Å². The molecule has 0 saturated carbocycles. The highest BCUT2D eigenvalue weighted by Crippen LogP contribution is 2.21. The van der Waals surface area contributed by atoms with Crippen molar-refractivity contribution >= 4 is 11.6 Å². The van der Waals surface area contributed by atoms with E-state index in [0.717, 1.165) is 30.8 Å². The van der Waals surface area contributed by atoms with Crippen LogP contribution < -0.4 is 0 Å². The van der Waals surface area contributed by atoms with Crippen LogP contribution in [0.2, 0.25) is 5.02 Å². The van der Waals surface area contributed by atoms with E-state index in [1.54, 1.807) is 0 Å². The van der Waals surface area contributed by atoms with Gasteiger partial charge >= 0.3 is 0 Å². The number of nitrogens with zero attached hydrogens (tertiary/aromatic N) is 1. The molecule has 1 aromatic rings. The molecule has 2 nitrogen and oxygen atoms in total. The zero-order valence-electron chi connectivity index (χ0n) is 11.5.